The summed E-state index contributed by atoms with van der Waals surface area (Å²) in [5.41, 5.74) is 0. The van der Waals surface area contributed by atoms with Gasteiger partial charge in [0.15, 0.2) is 0 Å². The van der Waals surface area contributed by atoms with Crippen molar-refractivity contribution in [3.63, 3.8) is 0 Å². The number of hydrogen-bond acceptors (Lipinski definition) is 1. The quantitative estimate of drug-likeness (QED) is 0.331. The van der Waals surface area contributed by atoms with Crippen LogP contribution in [0.5, 0.6) is 0 Å². The van der Waals surface area contributed by atoms with Crippen molar-refractivity contribution in [3.8, 4) is 6.07 Å². The fourth-order valence-electron chi connectivity index (χ4n) is 0. The molecule has 0 unspecified atom stereocenters. The molecule has 5 heavy (non-hydrogen) atoms. The minimum atomic E-state index is 0. The summed E-state index contributed by atoms with van der Waals surface area (Å²) in [5, 5.41) is 7.51. The molecular formula is C3H3FeN+2. The van der Waals surface area contributed by atoms with E-state index >= 15 is 0 Å². The van der Waals surface area contributed by atoms with Gasteiger partial charge in [0.2, 0.25) is 0 Å². The van der Waals surface area contributed by atoms with Gasteiger partial charge in [0.05, 0.1) is 6.07 Å². The van der Waals surface area contributed by atoms with Gasteiger partial charge >= 0.3 is 17.1 Å². The third-order valence-corrected chi connectivity index (χ3v) is 0.0913. The monoisotopic (exact) mass is 109 g/mol. The molecule has 0 aromatic carbocycles. The van der Waals surface area contributed by atoms with Gasteiger partial charge in [-0.15, -0.1) is 0 Å². The van der Waals surface area contributed by atoms with Gasteiger partial charge in [-0.1, -0.05) is 6.58 Å². The number of nitriles is 1. The van der Waals surface area contributed by atoms with Gasteiger partial charge in [-0.25, -0.2) is 0 Å². The molecule has 1 nitrogen and oxygen atoms in total. The number of nitrogens with zero attached hydrogens (tertiary/aromatic N) is 1. The van der Waals surface area contributed by atoms with E-state index in [0.29, 0.717) is 0 Å². The summed E-state index contributed by atoms with van der Waals surface area (Å²) < 4.78 is 0. The topological polar surface area (TPSA) is 23.8 Å². The Morgan fingerprint density at radius 2 is 2.00 bits per heavy atom. The molecule has 0 rings (SSSR count). The van der Waals surface area contributed by atoms with Gasteiger partial charge in [0.25, 0.3) is 0 Å². The Hall–Kier alpha value is -0.251. The Labute approximate surface area is 41.8 Å². The fourth-order valence-corrected chi connectivity index (χ4v) is 0. The Morgan fingerprint density at radius 1 is 1.80 bits per heavy atom. The zero-order valence-corrected chi connectivity index (χ0v) is 3.69. The second-order valence-corrected chi connectivity index (χ2v) is 0.333. The zero-order chi connectivity index (χ0) is 3.41. The van der Waals surface area contributed by atoms with Crippen LogP contribution in [0, 0.1) is 11.3 Å². The van der Waals surface area contributed by atoms with Crippen LogP contribution in [0.25, 0.3) is 0 Å². The van der Waals surface area contributed by atoms with E-state index in [0.717, 1.165) is 0 Å². The van der Waals surface area contributed by atoms with Crippen LogP contribution in [-0.4, -0.2) is 0 Å². The van der Waals surface area contributed by atoms with E-state index in [2.05, 4.69) is 6.58 Å². The van der Waals surface area contributed by atoms with E-state index in [9.17, 15) is 0 Å². The number of rotatable bonds is 0. The molecule has 0 saturated heterocycles. The van der Waals surface area contributed by atoms with Gasteiger partial charge in [-0.2, -0.15) is 5.26 Å². The molecule has 0 aromatic heterocycles. The smallest absolute Gasteiger partial charge is 0.193 e. The van der Waals surface area contributed by atoms with Gasteiger partial charge < -0.3 is 0 Å². The molecule has 0 bridgehead atoms. The van der Waals surface area contributed by atoms with Crippen LogP contribution in [-0.2, 0) is 17.1 Å². The normalized spacial score (nSPS) is 3.00. The van der Waals surface area contributed by atoms with E-state index in [1.807, 2.05) is 0 Å². The van der Waals surface area contributed by atoms with Crippen molar-refractivity contribution in [2.24, 2.45) is 0 Å². The van der Waals surface area contributed by atoms with Gasteiger partial charge in [-0.05, 0) is 0 Å². The Bertz CT molecular complexity index is 52.4. The summed E-state index contributed by atoms with van der Waals surface area (Å²) in [6.45, 7) is 3.12. The number of hydrogen-bond donors (Lipinski definition) is 0. The van der Waals surface area contributed by atoms with Crippen LogP contribution in [0.2, 0.25) is 0 Å². The van der Waals surface area contributed by atoms with Crippen LogP contribution in [0.4, 0.5) is 0 Å². The molecule has 0 amide bonds. The van der Waals surface area contributed by atoms with E-state index in [4.69, 9.17) is 5.26 Å². The maximum absolute atomic E-state index is 7.51. The predicted molar refractivity (Wildman–Crippen MR) is 15.8 cm³/mol. The predicted octanol–water partition coefficient (Wildman–Crippen LogP) is 0.693. The van der Waals surface area contributed by atoms with E-state index in [1.165, 1.54) is 6.08 Å². The van der Waals surface area contributed by atoms with Gasteiger partial charge in [-0.3, -0.25) is 0 Å². The molecule has 0 aromatic rings. The molecule has 0 N–H and O–H groups in total. The third-order valence-electron chi connectivity index (χ3n) is 0.0913. The first-order valence-corrected chi connectivity index (χ1v) is 0.921. The van der Waals surface area contributed by atoms with Crippen molar-refractivity contribution in [3.05, 3.63) is 12.7 Å². The summed E-state index contributed by atoms with van der Waals surface area (Å²) in [6.07, 6.45) is 1.18. The maximum atomic E-state index is 7.51. The standard InChI is InChI=1S/C3H3N.Fe/c1-2-3-4;/h2H,1H2;/q;+2. The van der Waals surface area contributed by atoms with E-state index in [-0.39, 0.29) is 17.1 Å². The first-order valence-electron chi connectivity index (χ1n) is 0.921. The molecule has 2 heteroatoms. The van der Waals surface area contributed by atoms with Crippen molar-refractivity contribution >= 4 is 0 Å². The second-order valence-electron chi connectivity index (χ2n) is 0.333. The summed E-state index contributed by atoms with van der Waals surface area (Å²) in [4.78, 5) is 0. The Kier molecular flexibility index (Phi) is 16.4. The summed E-state index contributed by atoms with van der Waals surface area (Å²) >= 11 is 0. The molecule has 0 aliphatic rings. The molecule has 0 spiro atoms. The first-order chi connectivity index (χ1) is 1.91. The molecule has 0 atom stereocenters. The van der Waals surface area contributed by atoms with Crippen molar-refractivity contribution in [1.82, 2.24) is 0 Å². The van der Waals surface area contributed by atoms with E-state index < -0.39 is 0 Å². The third kappa shape index (κ3) is 20.4. The Balaban J connectivity index is 0. The number of allylic oxidation sites excluding steroid dienone is 1. The molecule has 0 radical (unpaired) electrons. The maximum Gasteiger partial charge on any atom is 2.00 e. The van der Waals surface area contributed by atoms with Crippen molar-refractivity contribution in [2.45, 2.75) is 0 Å². The van der Waals surface area contributed by atoms with Gasteiger partial charge in [0, 0.05) is 6.08 Å². The molecule has 0 fully saturated rings. The SMILES string of the molecule is C=CC#N.[Fe+2]. The Morgan fingerprint density at radius 3 is 2.00 bits per heavy atom. The molecule has 0 aliphatic carbocycles. The van der Waals surface area contributed by atoms with Crippen LogP contribution >= 0.6 is 0 Å². The molecule has 0 heterocycles. The fraction of sp³-hybridized carbons (Fsp3) is 0. The average molecular weight is 109 g/mol. The second kappa shape index (κ2) is 9.26. The summed E-state index contributed by atoms with van der Waals surface area (Å²) in [7, 11) is 0. The van der Waals surface area contributed by atoms with Crippen molar-refractivity contribution in [1.29, 1.82) is 5.26 Å². The zero-order valence-electron chi connectivity index (χ0n) is 2.59. The first kappa shape index (κ1) is 8.83. The van der Waals surface area contributed by atoms with Crippen molar-refractivity contribution in [2.75, 3.05) is 0 Å². The van der Waals surface area contributed by atoms with E-state index in [1.54, 1.807) is 6.07 Å². The van der Waals surface area contributed by atoms with Gasteiger partial charge in [0.1, 0.15) is 0 Å². The van der Waals surface area contributed by atoms with Crippen LogP contribution in [0.15, 0.2) is 12.7 Å². The summed E-state index contributed by atoms with van der Waals surface area (Å²) in [5.74, 6) is 0. The molecule has 0 aliphatic heterocycles. The largest absolute Gasteiger partial charge is 2.00 e. The van der Waals surface area contributed by atoms with Crippen molar-refractivity contribution < 1.29 is 17.1 Å². The molecule has 26 valence electrons. The minimum Gasteiger partial charge on any atom is -0.193 e. The van der Waals surface area contributed by atoms with Crippen LogP contribution in [0.1, 0.15) is 0 Å². The minimum absolute atomic E-state index is 0. The van der Waals surface area contributed by atoms with Crippen LogP contribution < -0.4 is 0 Å². The molecule has 0 saturated carbocycles. The average Bonchev–Trinajstić information content (AvgIpc) is 1.37. The summed E-state index contributed by atoms with van der Waals surface area (Å²) in [6, 6.07) is 1.69. The van der Waals surface area contributed by atoms with Crippen LogP contribution in [0.3, 0.4) is 0 Å². The molecular weight excluding hydrogens is 106 g/mol.